The first-order valence-electron chi connectivity index (χ1n) is 7.32. The van der Waals surface area contributed by atoms with Crippen molar-refractivity contribution in [2.24, 2.45) is 0 Å². The minimum Gasteiger partial charge on any atom is -0.373 e. The van der Waals surface area contributed by atoms with Gasteiger partial charge in [-0.1, -0.05) is 17.7 Å². The predicted molar refractivity (Wildman–Crippen MR) is 86.3 cm³/mol. The Kier molecular flexibility index (Phi) is 6.17. The van der Waals surface area contributed by atoms with E-state index in [1.807, 2.05) is 19.9 Å². The number of nitrogens with one attached hydrogen (secondary N) is 1. The second-order valence-corrected chi connectivity index (χ2v) is 7.97. The molecule has 1 N–H and O–H groups in total. The van der Waals surface area contributed by atoms with Crippen molar-refractivity contribution >= 4 is 21.6 Å². The molecular weight excluding hydrogens is 326 g/mol. The SMILES string of the molecule is C[C@H]1CN(S(=O)(=O)CCNCc2cccnc2Cl)C[C@H](C)O1. The van der Waals surface area contributed by atoms with Crippen LogP contribution in [0.25, 0.3) is 0 Å². The highest BCUT2D eigenvalue weighted by atomic mass is 35.5. The summed E-state index contributed by atoms with van der Waals surface area (Å²) >= 11 is 5.96. The van der Waals surface area contributed by atoms with Crippen LogP contribution in [0.3, 0.4) is 0 Å². The van der Waals surface area contributed by atoms with Crippen LogP contribution in [-0.2, 0) is 21.3 Å². The highest BCUT2D eigenvalue weighted by molar-refractivity contribution is 7.89. The fraction of sp³-hybridized carbons (Fsp3) is 0.643. The number of ether oxygens (including phenoxy) is 1. The molecular formula is C14H22ClN3O3S. The number of morpholine rings is 1. The van der Waals surface area contributed by atoms with Gasteiger partial charge in [0.1, 0.15) is 5.15 Å². The third-order valence-electron chi connectivity index (χ3n) is 3.47. The topological polar surface area (TPSA) is 71.5 Å². The van der Waals surface area contributed by atoms with Crippen LogP contribution in [0.15, 0.2) is 18.3 Å². The second kappa shape index (κ2) is 7.70. The Morgan fingerprint density at radius 3 is 2.73 bits per heavy atom. The number of halogens is 1. The molecule has 0 amide bonds. The third kappa shape index (κ3) is 4.89. The van der Waals surface area contributed by atoms with Crippen LogP contribution in [0.1, 0.15) is 19.4 Å². The standard InChI is InChI=1S/C14H22ClN3O3S/c1-11-9-18(10-12(2)21-11)22(19,20)7-6-16-8-13-4-3-5-17-14(13)15/h3-5,11-12,16H,6-10H2,1-2H3/t11-,12-/m0/s1. The van der Waals surface area contributed by atoms with Gasteiger partial charge in [-0.15, -0.1) is 0 Å². The maximum Gasteiger partial charge on any atom is 0.215 e. The molecule has 2 heterocycles. The van der Waals surface area contributed by atoms with Crippen molar-refractivity contribution in [1.29, 1.82) is 0 Å². The third-order valence-corrected chi connectivity index (χ3v) is 5.61. The molecule has 2 rings (SSSR count). The Bertz CT molecular complexity index is 587. The molecule has 1 aromatic rings. The predicted octanol–water partition coefficient (Wildman–Crippen LogP) is 1.26. The lowest BCUT2D eigenvalue weighted by molar-refractivity contribution is -0.0440. The lowest BCUT2D eigenvalue weighted by Gasteiger charge is -2.34. The van der Waals surface area contributed by atoms with E-state index in [4.69, 9.17) is 16.3 Å². The highest BCUT2D eigenvalue weighted by Gasteiger charge is 2.30. The first-order chi connectivity index (χ1) is 10.4. The van der Waals surface area contributed by atoms with Gasteiger partial charge in [0, 0.05) is 37.9 Å². The largest absolute Gasteiger partial charge is 0.373 e. The van der Waals surface area contributed by atoms with Crippen LogP contribution < -0.4 is 5.32 Å². The van der Waals surface area contributed by atoms with Crippen LogP contribution in [0.4, 0.5) is 0 Å². The number of rotatable bonds is 6. The van der Waals surface area contributed by atoms with E-state index in [-0.39, 0.29) is 18.0 Å². The number of hydrogen-bond acceptors (Lipinski definition) is 5. The molecule has 8 heteroatoms. The highest BCUT2D eigenvalue weighted by Crippen LogP contribution is 2.15. The maximum atomic E-state index is 12.3. The molecule has 1 aliphatic rings. The summed E-state index contributed by atoms with van der Waals surface area (Å²) in [6, 6.07) is 3.66. The average molecular weight is 348 g/mol. The van der Waals surface area contributed by atoms with Crippen molar-refractivity contribution in [1.82, 2.24) is 14.6 Å². The maximum absolute atomic E-state index is 12.3. The van der Waals surface area contributed by atoms with Gasteiger partial charge in [0.05, 0.1) is 18.0 Å². The molecule has 0 aromatic carbocycles. The summed E-state index contributed by atoms with van der Waals surface area (Å²) in [4.78, 5) is 3.98. The lowest BCUT2D eigenvalue weighted by atomic mass is 10.3. The quantitative estimate of drug-likeness (QED) is 0.619. The summed E-state index contributed by atoms with van der Waals surface area (Å²) in [5.41, 5.74) is 0.857. The van der Waals surface area contributed by atoms with Crippen LogP contribution in [0.2, 0.25) is 5.15 Å². The first-order valence-corrected chi connectivity index (χ1v) is 9.30. The number of aromatic nitrogens is 1. The van der Waals surface area contributed by atoms with Gasteiger partial charge in [-0.2, -0.15) is 4.31 Å². The average Bonchev–Trinajstić information content (AvgIpc) is 2.44. The van der Waals surface area contributed by atoms with E-state index < -0.39 is 10.0 Å². The Balaban J connectivity index is 1.81. The zero-order valence-electron chi connectivity index (χ0n) is 12.8. The number of hydrogen-bond donors (Lipinski definition) is 1. The van der Waals surface area contributed by atoms with Crippen molar-refractivity contribution in [3.8, 4) is 0 Å². The zero-order chi connectivity index (χ0) is 16.2. The van der Waals surface area contributed by atoms with Gasteiger partial charge < -0.3 is 10.1 Å². The number of nitrogens with zero attached hydrogens (tertiary/aromatic N) is 2. The minimum absolute atomic E-state index is 0.0598. The fourth-order valence-electron chi connectivity index (χ4n) is 2.46. The number of pyridine rings is 1. The molecule has 1 aromatic heterocycles. The summed E-state index contributed by atoms with van der Waals surface area (Å²) in [5.74, 6) is 0.0598. The van der Waals surface area contributed by atoms with Crippen molar-refractivity contribution in [2.45, 2.75) is 32.6 Å². The molecule has 1 aliphatic heterocycles. The van der Waals surface area contributed by atoms with Gasteiger partial charge >= 0.3 is 0 Å². The lowest BCUT2D eigenvalue weighted by Crippen LogP contribution is -2.49. The van der Waals surface area contributed by atoms with E-state index in [0.29, 0.717) is 31.3 Å². The van der Waals surface area contributed by atoms with Crippen LogP contribution >= 0.6 is 11.6 Å². The minimum atomic E-state index is -3.27. The Hall–Kier alpha value is -0.730. The van der Waals surface area contributed by atoms with E-state index in [2.05, 4.69) is 10.3 Å². The summed E-state index contributed by atoms with van der Waals surface area (Å²) in [5, 5.41) is 3.54. The summed E-state index contributed by atoms with van der Waals surface area (Å²) in [7, 11) is -3.27. The molecule has 0 radical (unpaired) electrons. The zero-order valence-corrected chi connectivity index (χ0v) is 14.4. The molecule has 2 atom stereocenters. The van der Waals surface area contributed by atoms with Crippen LogP contribution in [0.5, 0.6) is 0 Å². The van der Waals surface area contributed by atoms with E-state index in [9.17, 15) is 8.42 Å². The normalized spacial score (nSPS) is 23.6. The van der Waals surface area contributed by atoms with E-state index in [1.54, 1.807) is 12.3 Å². The molecule has 0 saturated carbocycles. The summed E-state index contributed by atoms with van der Waals surface area (Å²) in [6.07, 6.45) is 1.48. The molecule has 6 nitrogen and oxygen atoms in total. The molecule has 124 valence electrons. The van der Waals surface area contributed by atoms with E-state index >= 15 is 0 Å². The van der Waals surface area contributed by atoms with Crippen LogP contribution in [-0.4, -0.2) is 55.3 Å². The van der Waals surface area contributed by atoms with Gasteiger partial charge in [-0.25, -0.2) is 13.4 Å². The molecule has 0 aliphatic carbocycles. The van der Waals surface area contributed by atoms with E-state index in [0.717, 1.165) is 5.56 Å². The van der Waals surface area contributed by atoms with Gasteiger partial charge in [0.15, 0.2) is 0 Å². The van der Waals surface area contributed by atoms with Gasteiger partial charge in [-0.05, 0) is 19.9 Å². The Labute approximate surface area is 136 Å². The second-order valence-electron chi connectivity index (χ2n) is 5.52. The molecule has 1 fully saturated rings. The van der Waals surface area contributed by atoms with Crippen molar-refractivity contribution < 1.29 is 13.2 Å². The van der Waals surface area contributed by atoms with Crippen LogP contribution in [0, 0.1) is 0 Å². The van der Waals surface area contributed by atoms with Gasteiger partial charge in [0.25, 0.3) is 0 Å². The van der Waals surface area contributed by atoms with E-state index in [1.165, 1.54) is 4.31 Å². The Morgan fingerprint density at radius 2 is 2.09 bits per heavy atom. The van der Waals surface area contributed by atoms with Crippen molar-refractivity contribution in [2.75, 3.05) is 25.4 Å². The Morgan fingerprint density at radius 1 is 1.41 bits per heavy atom. The van der Waals surface area contributed by atoms with Crippen molar-refractivity contribution in [3.05, 3.63) is 29.0 Å². The first kappa shape index (κ1) is 17.6. The smallest absolute Gasteiger partial charge is 0.215 e. The summed E-state index contributed by atoms with van der Waals surface area (Å²) in [6.45, 7) is 5.48. The molecule has 0 bridgehead atoms. The monoisotopic (exact) mass is 347 g/mol. The molecule has 0 spiro atoms. The molecule has 1 saturated heterocycles. The molecule has 22 heavy (non-hydrogen) atoms. The van der Waals surface area contributed by atoms with Gasteiger partial charge in [0.2, 0.25) is 10.0 Å². The van der Waals surface area contributed by atoms with Gasteiger partial charge in [-0.3, -0.25) is 0 Å². The van der Waals surface area contributed by atoms with Crippen molar-refractivity contribution in [3.63, 3.8) is 0 Å². The fourth-order valence-corrected chi connectivity index (χ4v) is 4.18. The molecule has 0 unspecified atom stereocenters. The summed E-state index contributed by atoms with van der Waals surface area (Å²) < 4.78 is 31.8. The number of sulfonamides is 1.